The van der Waals surface area contributed by atoms with Gasteiger partial charge in [0, 0.05) is 30.0 Å². The zero-order valence-electron chi connectivity index (χ0n) is 11.6. The zero-order chi connectivity index (χ0) is 14.7. The van der Waals surface area contributed by atoms with E-state index in [1.54, 1.807) is 18.2 Å². The summed E-state index contributed by atoms with van der Waals surface area (Å²) in [7, 11) is 0. The number of aliphatic hydroxyl groups excluding tert-OH is 1. The van der Waals surface area contributed by atoms with Crippen LogP contribution in [0.15, 0.2) is 60.8 Å². The maximum Gasteiger partial charge on any atom is 0.117 e. The Labute approximate surface area is 123 Å². The molecule has 108 valence electrons. The number of phenols is 1. The summed E-state index contributed by atoms with van der Waals surface area (Å²) in [4.78, 5) is 0. The van der Waals surface area contributed by atoms with E-state index in [1.807, 2.05) is 41.1 Å². The number of rotatable bonds is 5. The predicted molar refractivity (Wildman–Crippen MR) is 84.5 cm³/mol. The fourth-order valence-electron chi connectivity index (χ4n) is 2.44. The molecule has 1 atom stereocenters. The fraction of sp³-hybridized carbons (Fsp3) is 0.176. The maximum absolute atomic E-state index is 10.2. The van der Waals surface area contributed by atoms with Crippen molar-refractivity contribution in [2.24, 2.45) is 0 Å². The third kappa shape index (κ3) is 3.17. The molecule has 0 aliphatic carbocycles. The minimum absolute atomic E-state index is 0.214. The van der Waals surface area contributed by atoms with Gasteiger partial charge in [0.15, 0.2) is 0 Å². The van der Waals surface area contributed by atoms with Crippen LogP contribution in [-0.2, 0) is 6.54 Å². The highest BCUT2D eigenvalue weighted by Gasteiger charge is 2.07. The first-order chi connectivity index (χ1) is 10.2. The molecule has 0 aliphatic rings. The molecule has 3 rings (SSSR count). The summed E-state index contributed by atoms with van der Waals surface area (Å²) in [5.74, 6) is 0.214. The highest BCUT2D eigenvalue weighted by molar-refractivity contribution is 5.79. The molecule has 0 bridgehead atoms. The SMILES string of the molecule is Oc1cccc(NCC(O)Cn2ccc3ccccc32)c1. The van der Waals surface area contributed by atoms with Crippen LogP contribution >= 0.6 is 0 Å². The summed E-state index contributed by atoms with van der Waals surface area (Å²) in [5, 5.41) is 23.9. The Morgan fingerprint density at radius 3 is 2.76 bits per heavy atom. The van der Waals surface area contributed by atoms with Crippen LogP contribution in [0.2, 0.25) is 0 Å². The van der Waals surface area contributed by atoms with E-state index in [0.29, 0.717) is 13.1 Å². The third-order valence-corrected chi connectivity index (χ3v) is 3.48. The van der Waals surface area contributed by atoms with Gasteiger partial charge in [0.25, 0.3) is 0 Å². The number of nitrogens with one attached hydrogen (secondary N) is 1. The molecule has 0 spiro atoms. The highest BCUT2D eigenvalue weighted by atomic mass is 16.3. The molecular formula is C17H18N2O2. The predicted octanol–water partition coefficient (Wildman–Crippen LogP) is 2.82. The number of aromatic hydroxyl groups is 1. The standard InChI is InChI=1S/C17H18N2O2/c20-15-6-3-5-14(10-15)18-11-16(21)12-19-9-8-13-4-1-2-7-17(13)19/h1-10,16,18,20-21H,11-12H2. The lowest BCUT2D eigenvalue weighted by atomic mass is 10.2. The fourth-order valence-corrected chi connectivity index (χ4v) is 2.44. The quantitative estimate of drug-likeness (QED) is 0.674. The van der Waals surface area contributed by atoms with Crippen molar-refractivity contribution in [3.8, 4) is 5.75 Å². The van der Waals surface area contributed by atoms with Gasteiger partial charge < -0.3 is 20.1 Å². The van der Waals surface area contributed by atoms with Gasteiger partial charge in [0.05, 0.1) is 12.6 Å². The Morgan fingerprint density at radius 2 is 1.90 bits per heavy atom. The average Bonchev–Trinajstić information content (AvgIpc) is 2.89. The lowest BCUT2D eigenvalue weighted by Crippen LogP contribution is -2.24. The third-order valence-electron chi connectivity index (χ3n) is 3.48. The highest BCUT2D eigenvalue weighted by Crippen LogP contribution is 2.17. The number of benzene rings is 2. The molecule has 4 nitrogen and oxygen atoms in total. The number of phenolic OH excluding ortho intramolecular Hbond substituents is 1. The minimum atomic E-state index is -0.511. The van der Waals surface area contributed by atoms with Crippen molar-refractivity contribution in [1.29, 1.82) is 0 Å². The van der Waals surface area contributed by atoms with Gasteiger partial charge in [-0.25, -0.2) is 0 Å². The Bertz CT molecular complexity index is 736. The van der Waals surface area contributed by atoms with Crippen LogP contribution in [0.5, 0.6) is 5.75 Å². The molecule has 1 heterocycles. The molecule has 3 N–H and O–H groups in total. The van der Waals surface area contributed by atoms with E-state index in [0.717, 1.165) is 11.2 Å². The molecule has 21 heavy (non-hydrogen) atoms. The van der Waals surface area contributed by atoms with Crippen molar-refractivity contribution in [3.05, 3.63) is 60.8 Å². The van der Waals surface area contributed by atoms with Crippen molar-refractivity contribution >= 4 is 16.6 Å². The topological polar surface area (TPSA) is 57.4 Å². The van der Waals surface area contributed by atoms with E-state index in [4.69, 9.17) is 0 Å². The second kappa shape index (κ2) is 5.89. The van der Waals surface area contributed by atoms with Crippen molar-refractivity contribution in [2.75, 3.05) is 11.9 Å². The number of hydrogen-bond acceptors (Lipinski definition) is 3. The molecule has 0 radical (unpaired) electrons. The van der Waals surface area contributed by atoms with E-state index < -0.39 is 6.10 Å². The first kappa shape index (κ1) is 13.5. The number of para-hydroxylation sites is 1. The van der Waals surface area contributed by atoms with Gasteiger partial charge in [-0.05, 0) is 29.7 Å². The summed E-state index contributed by atoms with van der Waals surface area (Å²) >= 11 is 0. The monoisotopic (exact) mass is 282 g/mol. The molecule has 4 heteroatoms. The van der Waals surface area contributed by atoms with E-state index in [1.165, 1.54) is 5.39 Å². The smallest absolute Gasteiger partial charge is 0.117 e. The molecule has 1 unspecified atom stereocenters. The number of nitrogens with zero attached hydrogens (tertiary/aromatic N) is 1. The lowest BCUT2D eigenvalue weighted by molar-refractivity contribution is 0.168. The van der Waals surface area contributed by atoms with Crippen molar-refractivity contribution in [1.82, 2.24) is 4.57 Å². The van der Waals surface area contributed by atoms with Crippen LogP contribution in [0, 0.1) is 0 Å². The lowest BCUT2D eigenvalue weighted by Gasteiger charge is -2.14. The van der Waals surface area contributed by atoms with Gasteiger partial charge in [-0.15, -0.1) is 0 Å². The van der Waals surface area contributed by atoms with Crippen molar-refractivity contribution < 1.29 is 10.2 Å². The van der Waals surface area contributed by atoms with Gasteiger partial charge in [-0.3, -0.25) is 0 Å². The summed E-state index contributed by atoms with van der Waals surface area (Å²) in [6.07, 6.45) is 1.48. The van der Waals surface area contributed by atoms with Gasteiger partial charge >= 0.3 is 0 Å². The van der Waals surface area contributed by atoms with Crippen LogP contribution < -0.4 is 5.32 Å². The second-order valence-corrected chi connectivity index (χ2v) is 5.11. The summed E-state index contributed by atoms with van der Waals surface area (Å²) < 4.78 is 2.05. The Hall–Kier alpha value is -2.46. The minimum Gasteiger partial charge on any atom is -0.508 e. The maximum atomic E-state index is 10.2. The van der Waals surface area contributed by atoms with E-state index in [-0.39, 0.29) is 5.75 Å². The summed E-state index contributed by atoms with van der Waals surface area (Å²) in [6, 6.07) is 17.0. The molecule has 0 fully saturated rings. The van der Waals surface area contributed by atoms with Gasteiger partial charge in [-0.2, -0.15) is 0 Å². The summed E-state index contributed by atoms with van der Waals surface area (Å²) in [5.41, 5.74) is 1.92. The molecule has 0 aliphatic heterocycles. The number of anilines is 1. The zero-order valence-corrected chi connectivity index (χ0v) is 11.6. The van der Waals surface area contributed by atoms with Crippen molar-refractivity contribution in [3.63, 3.8) is 0 Å². The van der Waals surface area contributed by atoms with Crippen LogP contribution in [0.1, 0.15) is 0 Å². The second-order valence-electron chi connectivity index (χ2n) is 5.11. The molecule has 0 amide bonds. The number of aliphatic hydroxyl groups is 1. The van der Waals surface area contributed by atoms with Crippen LogP contribution in [-0.4, -0.2) is 27.4 Å². The molecule has 0 saturated heterocycles. The average molecular weight is 282 g/mol. The number of aromatic nitrogens is 1. The van der Waals surface area contributed by atoms with Crippen LogP contribution in [0.25, 0.3) is 10.9 Å². The normalized spacial score (nSPS) is 12.4. The van der Waals surface area contributed by atoms with Gasteiger partial charge in [-0.1, -0.05) is 24.3 Å². The number of hydrogen-bond donors (Lipinski definition) is 3. The molecular weight excluding hydrogens is 264 g/mol. The van der Waals surface area contributed by atoms with E-state index in [2.05, 4.69) is 11.4 Å². The van der Waals surface area contributed by atoms with Crippen LogP contribution in [0.3, 0.4) is 0 Å². The molecule has 1 aromatic heterocycles. The van der Waals surface area contributed by atoms with Crippen molar-refractivity contribution in [2.45, 2.75) is 12.6 Å². The first-order valence-corrected chi connectivity index (χ1v) is 6.97. The molecule has 0 saturated carbocycles. The Morgan fingerprint density at radius 1 is 1.05 bits per heavy atom. The van der Waals surface area contributed by atoms with E-state index in [9.17, 15) is 10.2 Å². The number of fused-ring (bicyclic) bond motifs is 1. The molecule has 2 aromatic carbocycles. The van der Waals surface area contributed by atoms with Gasteiger partial charge in [0.2, 0.25) is 0 Å². The Kier molecular flexibility index (Phi) is 3.79. The van der Waals surface area contributed by atoms with Crippen LogP contribution in [0.4, 0.5) is 5.69 Å². The largest absolute Gasteiger partial charge is 0.508 e. The van der Waals surface area contributed by atoms with Gasteiger partial charge in [0.1, 0.15) is 5.75 Å². The molecule has 3 aromatic rings. The summed E-state index contributed by atoms with van der Waals surface area (Å²) in [6.45, 7) is 0.954. The Balaban J connectivity index is 1.62. The first-order valence-electron chi connectivity index (χ1n) is 6.97. The van der Waals surface area contributed by atoms with E-state index >= 15 is 0 Å².